The second-order valence-corrected chi connectivity index (χ2v) is 14.0. The van der Waals surface area contributed by atoms with Crippen molar-refractivity contribution in [3.8, 4) is 0 Å². The third-order valence-electron chi connectivity index (χ3n) is 10.8. The lowest BCUT2D eigenvalue weighted by Crippen LogP contribution is -2.49. The molecule has 0 spiro atoms. The zero-order valence-electron chi connectivity index (χ0n) is 29.0. The van der Waals surface area contributed by atoms with Gasteiger partial charge in [0.15, 0.2) is 0 Å². The molecule has 7 rings (SSSR count). The summed E-state index contributed by atoms with van der Waals surface area (Å²) in [6.07, 6.45) is 4.90. The molecule has 0 aliphatic carbocycles. The highest BCUT2D eigenvalue weighted by Crippen LogP contribution is 2.28. The van der Waals surface area contributed by atoms with Crippen molar-refractivity contribution in [3.63, 3.8) is 0 Å². The van der Waals surface area contributed by atoms with E-state index in [1.165, 1.54) is 83.4 Å². The minimum Gasteiger partial charge on any atom is -0.345 e. The molecule has 7 heteroatoms. The number of aromatic nitrogens is 2. The van der Waals surface area contributed by atoms with Crippen LogP contribution in [0.25, 0.3) is 21.8 Å². The number of hydrogen-bond donors (Lipinski definition) is 0. The minimum atomic E-state index is 0.142. The second kappa shape index (κ2) is 14.6. The van der Waals surface area contributed by atoms with Crippen LogP contribution in [0.3, 0.4) is 0 Å². The Morgan fingerprint density at radius 2 is 1.44 bits per heavy atom. The van der Waals surface area contributed by atoms with E-state index in [1.54, 1.807) is 0 Å². The summed E-state index contributed by atoms with van der Waals surface area (Å²) in [4.78, 5) is 27.4. The number of aryl methyl sites for hydroxylation is 2. The number of benzene rings is 3. The summed E-state index contributed by atoms with van der Waals surface area (Å²) in [5.74, 6) is 0.142. The van der Waals surface area contributed by atoms with E-state index in [4.69, 9.17) is 0 Å². The maximum absolute atomic E-state index is 13.4. The zero-order chi connectivity index (χ0) is 33.0. The molecule has 7 nitrogen and oxygen atoms in total. The van der Waals surface area contributed by atoms with Crippen LogP contribution >= 0.6 is 0 Å². The van der Waals surface area contributed by atoms with Gasteiger partial charge in [-0.1, -0.05) is 36.4 Å². The fraction of sp³-hybridized carbons (Fsp3) is 0.415. The Hall–Kier alpha value is -4.04. The number of fused-ring (bicyclic) bond motifs is 2. The van der Waals surface area contributed by atoms with Crippen LogP contribution in [0, 0.1) is 13.8 Å². The lowest BCUT2D eigenvalue weighted by atomic mass is 10.0. The molecule has 2 saturated heterocycles. The van der Waals surface area contributed by atoms with Crippen molar-refractivity contribution in [2.24, 2.45) is 0 Å². The average Bonchev–Trinajstić information content (AvgIpc) is 3.36. The molecule has 2 aliphatic heterocycles. The Morgan fingerprint density at radius 3 is 2.23 bits per heavy atom. The molecule has 0 N–H and O–H groups in total. The first-order valence-electron chi connectivity index (χ1n) is 17.8. The number of carbonyl (C=O) groups is 1. The van der Waals surface area contributed by atoms with Gasteiger partial charge in [-0.15, -0.1) is 0 Å². The number of rotatable bonds is 10. The van der Waals surface area contributed by atoms with Crippen LogP contribution in [0.2, 0.25) is 0 Å². The van der Waals surface area contributed by atoms with Crippen LogP contribution in [0.5, 0.6) is 0 Å². The smallest absolute Gasteiger partial charge is 0.253 e. The Labute approximate surface area is 285 Å². The fourth-order valence-corrected chi connectivity index (χ4v) is 7.53. The van der Waals surface area contributed by atoms with Gasteiger partial charge in [-0.05, 0) is 105 Å². The van der Waals surface area contributed by atoms with E-state index in [-0.39, 0.29) is 5.91 Å². The van der Waals surface area contributed by atoms with Crippen LogP contribution in [0.1, 0.15) is 44.7 Å². The summed E-state index contributed by atoms with van der Waals surface area (Å²) >= 11 is 0. The molecule has 250 valence electrons. The van der Waals surface area contributed by atoms with E-state index in [1.807, 2.05) is 29.3 Å². The van der Waals surface area contributed by atoms with E-state index < -0.39 is 0 Å². The number of nitrogens with zero attached hydrogens (tertiary/aromatic N) is 6. The fourth-order valence-electron chi connectivity index (χ4n) is 7.53. The van der Waals surface area contributed by atoms with E-state index in [9.17, 15) is 4.79 Å². The SMILES string of the molecule is Cc1c(C)n(CCCN2CCN(C)CC2)c2ccc(Cc3ccc(C(=O)N4CCN(CCc5ccc6cccnc6c5)CC4)cc3)cc12. The van der Waals surface area contributed by atoms with Crippen molar-refractivity contribution in [3.05, 3.63) is 113 Å². The third kappa shape index (κ3) is 7.34. The van der Waals surface area contributed by atoms with Crippen molar-refractivity contribution < 1.29 is 4.79 Å². The van der Waals surface area contributed by atoms with E-state index in [0.29, 0.717) is 0 Å². The quantitative estimate of drug-likeness (QED) is 0.186. The normalized spacial score (nSPS) is 16.7. The molecule has 1 amide bonds. The lowest BCUT2D eigenvalue weighted by Gasteiger charge is -2.34. The molecular formula is C41H50N6O. The molecule has 0 radical (unpaired) electrons. The monoisotopic (exact) mass is 642 g/mol. The molecule has 2 aliphatic rings. The molecule has 2 fully saturated rings. The molecule has 2 aromatic heterocycles. The van der Waals surface area contributed by atoms with Gasteiger partial charge in [0, 0.05) is 99.2 Å². The molecule has 4 heterocycles. The summed E-state index contributed by atoms with van der Waals surface area (Å²) < 4.78 is 2.52. The highest BCUT2D eigenvalue weighted by molar-refractivity contribution is 5.94. The molecule has 0 bridgehead atoms. The molecule has 5 aromatic rings. The van der Waals surface area contributed by atoms with Gasteiger partial charge >= 0.3 is 0 Å². The number of pyridine rings is 1. The first-order chi connectivity index (χ1) is 23.4. The van der Waals surface area contributed by atoms with Crippen LogP contribution in [-0.2, 0) is 19.4 Å². The summed E-state index contributed by atoms with van der Waals surface area (Å²) in [5.41, 5.74) is 9.82. The van der Waals surface area contributed by atoms with Gasteiger partial charge in [-0.3, -0.25) is 14.7 Å². The largest absolute Gasteiger partial charge is 0.345 e. The topological polar surface area (TPSA) is 47.9 Å². The van der Waals surface area contributed by atoms with Crippen molar-refractivity contribution in [1.29, 1.82) is 0 Å². The van der Waals surface area contributed by atoms with Crippen LogP contribution < -0.4 is 0 Å². The Kier molecular flexibility index (Phi) is 9.89. The summed E-state index contributed by atoms with van der Waals surface area (Å²) in [7, 11) is 2.22. The predicted molar refractivity (Wildman–Crippen MR) is 197 cm³/mol. The first-order valence-corrected chi connectivity index (χ1v) is 17.8. The summed E-state index contributed by atoms with van der Waals surface area (Å²) in [6, 6.07) is 25.9. The van der Waals surface area contributed by atoms with Crippen molar-refractivity contribution in [1.82, 2.24) is 29.2 Å². The summed E-state index contributed by atoms with van der Waals surface area (Å²) in [6.45, 7) is 15.9. The highest BCUT2D eigenvalue weighted by atomic mass is 16.2. The van der Waals surface area contributed by atoms with Gasteiger partial charge in [0.25, 0.3) is 5.91 Å². The van der Waals surface area contributed by atoms with Crippen LogP contribution in [0.4, 0.5) is 0 Å². The van der Waals surface area contributed by atoms with Gasteiger partial charge in [0.2, 0.25) is 0 Å². The highest BCUT2D eigenvalue weighted by Gasteiger charge is 2.22. The number of hydrogen-bond acceptors (Lipinski definition) is 5. The van der Waals surface area contributed by atoms with Crippen molar-refractivity contribution in [2.45, 2.75) is 39.7 Å². The number of carbonyl (C=O) groups excluding carboxylic acids is 1. The standard InChI is InChI=1S/C41H50N6O/c1-31-32(2)47(18-5-17-44-22-20-43(3)21-23-44)40-14-10-35(29-38(31)40)28-33-8-12-37(13-9-33)41(48)46-26-24-45(25-27-46)19-15-34-7-11-36-6-4-16-42-39(36)30-34/h4,6-14,16,29-30H,5,15,17-28H2,1-3H3. The zero-order valence-corrected chi connectivity index (χ0v) is 29.0. The third-order valence-corrected chi connectivity index (χ3v) is 10.8. The Morgan fingerprint density at radius 1 is 0.729 bits per heavy atom. The van der Waals surface area contributed by atoms with E-state index in [2.05, 4.69) is 99.7 Å². The van der Waals surface area contributed by atoms with Gasteiger partial charge in [-0.2, -0.15) is 0 Å². The predicted octanol–water partition coefficient (Wildman–Crippen LogP) is 6.04. The Balaban J connectivity index is 0.905. The van der Waals surface area contributed by atoms with Crippen molar-refractivity contribution in [2.75, 3.05) is 72.5 Å². The minimum absolute atomic E-state index is 0.142. The van der Waals surface area contributed by atoms with Gasteiger partial charge in [0.1, 0.15) is 0 Å². The molecule has 48 heavy (non-hydrogen) atoms. The van der Waals surface area contributed by atoms with Gasteiger partial charge in [0.05, 0.1) is 5.52 Å². The first kappa shape index (κ1) is 32.5. The molecular weight excluding hydrogens is 592 g/mol. The maximum atomic E-state index is 13.4. The van der Waals surface area contributed by atoms with Crippen LogP contribution in [0.15, 0.2) is 79.0 Å². The number of amides is 1. The maximum Gasteiger partial charge on any atom is 0.253 e. The molecule has 3 aromatic carbocycles. The molecule has 0 saturated carbocycles. The van der Waals surface area contributed by atoms with Gasteiger partial charge in [-0.25, -0.2) is 0 Å². The molecule has 0 unspecified atom stereocenters. The van der Waals surface area contributed by atoms with Crippen molar-refractivity contribution >= 4 is 27.7 Å². The molecule has 0 atom stereocenters. The lowest BCUT2D eigenvalue weighted by molar-refractivity contribution is 0.0638. The van der Waals surface area contributed by atoms with Crippen LogP contribution in [-0.4, -0.2) is 108 Å². The number of likely N-dealkylation sites (N-methyl/N-ethyl adjacent to an activating group) is 1. The van der Waals surface area contributed by atoms with Gasteiger partial charge < -0.3 is 19.3 Å². The number of piperazine rings is 2. The average molecular weight is 643 g/mol. The summed E-state index contributed by atoms with van der Waals surface area (Å²) in [5, 5.41) is 2.55. The van der Waals surface area contributed by atoms with E-state index in [0.717, 1.165) is 63.2 Å². The Bertz CT molecular complexity index is 1860. The second-order valence-electron chi connectivity index (χ2n) is 14.0. The van der Waals surface area contributed by atoms with E-state index >= 15 is 0 Å².